The molecule has 1 aromatic rings. The molecule has 5 nitrogen and oxygen atoms in total. The standard InChI is InChI=1S/C14H19N3O2/c1-2-3-4-5-10-19-13-8-6-12(7-9-13)17-14(18)16-11-15/h6-9H,2-5,10H2,1H3,(H2,16,17,18). The van der Waals surface area contributed by atoms with E-state index >= 15 is 0 Å². The molecule has 0 radical (unpaired) electrons. The van der Waals surface area contributed by atoms with Gasteiger partial charge in [-0.05, 0) is 30.7 Å². The normalized spacial score (nSPS) is 9.47. The van der Waals surface area contributed by atoms with Crippen LogP contribution in [0.15, 0.2) is 24.3 Å². The van der Waals surface area contributed by atoms with Crippen LogP contribution in [0.3, 0.4) is 0 Å². The lowest BCUT2D eigenvalue weighted by Gasteiger charge is -2.07. The number of nitriles is 1. The number of hydrogen-bond acceptors (Lipinski definition) is 3. The van der Waals surface area contributed by atoms with Crippen LogP contribution in [0, 0.1) is 11.5 Å². The van der Waals surface area contributed by atoms with Gasteiger partial charge in [0.25, 0.3) is 0 Å². The summed E-state index contributed by atoms with van der Waals surface area (Å²) in [5, 5.41) is 12.8. The number of carbonyl (C=O) groups is 1. The smallest absolute Gasteiger partial charge is 0.332 e. The van der Waals surface area contributed by atoms with Gasteiger partial charge < -0.3 is 10.1 Å². The molecule has 102 valence electrons. The average Bonchev–Trinajstić information content (AvgIpc) is 2.41. The molecule has 0 atom stereocenters. The Morgan fingerprint density at radius 2 is 2.00 bits per heavy atom. The second-order valence-electron chi connectivity index (χ2n) is 4.12. The molecule has 0 spiro atoms. The molecule has 2 amide bonds. The van der Waals surface area contributed by atoms with Gasteiger partial charge in [-0.25, -0.2) is 10.1 Å². The molecular formula is C14H19N3O2. The molecule has 0 heterocycles. The van der Waals surface area contributed by atoms with Gasteiger partial charge in [0.15, 0.2) is 6.19 Å². The highest BCUT2D eigenvalue weighted by Crippen LogP contribution is 2.16. The minimum Gasteiger partial charge on any atom is -0.494 e. The van der Waals surface area contributed by atoms with Gasteiger partial charge in [-0.3, -0.25) is 0 Å². The van der Waals surface area contributed by atoms with E-state index in [9.17, 15) is 4.79 Å². The van der Waals surface area contributed by atoms with Crippen LogP contribution in [0.1, 0.15) is 32.6 Å². The van der Waals surface area contributed by atoms with Crippen molar-refractivity contribution >= 4 is 11.7 Å². The molecule has 0 saturated heterocycles. The first-order chi connectivity index (χ1) is 9.26. The van der Waals surface area contributed by atoms with Crippen molar-refractivity contribution in [2.45, 2.75) is 32.6 Å². The molecule has 0 unspecified atom stereocenters. The number of nitrogens with zero attached hydrogens (tertiary/aromatic N) is 1. The highest BCUT2D eigenvalue weighted by Gasteiger charge is 2.00. The molecule has 0 aliphatic heterocycles. The number of unbranched alkanes of at least 4 members (excludes halogenated alkanes) is 3. The Morgan fingerprint density at radius 3 is 2.63 bits per heavy atom. The van der Waals surface area contributed by atoms with Gasteiger partial charge in [0.2, 0.25) is 0 Å². The highest BCUT2D eigenvalue weighted by atomic mass is 16.5. The number of nitrogens with one attached hydrogen (secondary N) is 2. The number of anilines is 1. The Balaban J connectivity index is 2.31. The molecule has 0 saturated carbocycles. The largest absolute Gasteiger partial charge is 0.494 e. The first-order valence-electron chi connectivity index (χ1n) is 6.45. The minimum atomic E-state index is -0.546. The fraction of sp³-hybridized carbons (Fsp3) is 0.429. The summed E-state index contributed by atoms with van der Waals surface area (Å²) >= 11 is 0. The summed E-state index contributed by atoms with van der Waals surface area (Å²) in [6.45, 7) is 2.89. The number of benzene rings is 1. The number of hydrogen-bond donors (Lipinski definition) is 2. The van der Waals surface area contributed by atoms with E-state index in [4.69, 9.17) is 10.00 Å². The molecule has 0 aliphatic rings. The van der Waals surface area contributed by atoms with Crippen molar-refractivity contribution in [1.82, 2.24) is 5.32 Å². The maximum atomic E-state index is 11.1. The van der Waals surface area contributed by atoms with E-state index in [-0.39, 0.29) is 0 Å². The average molecular weight is 261 g/mol. The van der Waals surface area contributed by atoms with Gasteiger partial charge in [-0.1, -0.05) is 26.2 Å². The summed E-state index contributed by atoms with van der Waals surface area (Å²) in [5.41, 5.74) is 0.617. The molecule has 1 rings (SSSR count). The van der Waals surface area contributed by atoms with Crippen molar-refractivity contribution in [2.24, 2.45) is 0 Å². The summed E-state index contributed by atoms with van der Waals surface area (Å²) in [5.74, 6) is 0.780. The number of amides is 2. The first-order valence-corrected chi connectivity index (χ1v) is 6.45. The van der Waals surface area contributed by atoms with E-state index in [1.54, 1.807) is 30.5 Å². The van der Waals surface area contributed by atoms with Gasteiger partial charge in [0, 0.05) is 5.69 Å². The lowest BCUT2D eigenvalue weighted by molar-refractivity contribution is 0.255. The second-order valence-corrected chi connectivity index (χ2v) is 4.12. The van der Waals surface area contributed by atoms with Crippen molar-refractivity contribution in [3.05, 3.63) is 24.3 Å². The minimum absolute atomic E-state index is 0.546. The molecule has 19 heavy (non-hydrogen) atoms. The zero-order chi connectivity index (χ0) is 13.9. The fourth-order valence-corrected chi connectivity index (χ4v) is 1.57. The number of carbonyl (C=O) groups excluding carboxylic acids is 1. The maximum Gasteiger partial charge on any atom is 0.332 e. The van der Waals surface area contributed by atoms with Crippen LogP contribution < -0.4 is 15.4 Å². The Kier molecular flexibility index (Phi) is 6.88. The summed E-state index contributed by atoms with van der Waals surface area (Å²) in [7, 11) is 0. The zero-order valence-electron chi connectivity index (χ0n) is 11.1. The predicted octanol–water partition coefficient (Wildman–Crippen LogP) is 3.25. The summed E-state index contributed by atoms with van der Waals surface area (Å²) in [4.78, 5) is 11.1. The zero-order valence-corrected chi connectivity index (χ0v) is 11.1. The molecule has 5 heteroatoms. The van der Waals surface area contributed by atoms with E-state index in [1.165, 1.54) is 19.3 Å². The predicted molar refractivity (Wildman–Crippen MR) is 73.8 cm³/mol. The van der Waals surface area contributed by atoms with Crippen molar-refractivity contribution < 1.29 is 9.53 Å². The van der Waals surface area contributed by atoms with Gasteiger partial charge in [0.05, 0.1) is 6.61 Å². The third-order valence-corrected chi connectivity index (χ3v) is 2.55. The van der Waals surface area contributed by atoms with Crippen molar-refractivity contribution in [1.29, 1.82) is 5.26 Å². The number of ether oxygens (including phenoxy) is 1. The van der Waals surface area contributed by atoms with Crippen molar-refractivity contribution in [3.8, 4) is 11.9 Å². The van der Waals surface area contributed by atoms with Gasteiger partial charge in [-0.2, -0.15) is 5.26 Å². The first kappa shape index (κ1) is 14.8. The molecule has 1 aromatic carbocycles. The van der Waals surface area contributed by atoms with E-state index in [0.29, 0.717) is 12.3 Å². The molecule has 0 fully saturated rings. The summed E-state index contributed by atoms with van der Waals surface area (Å²) in [6.07, 6.45) is 6.25. The van der Waals surface area contributed by atoms with Crippen LogP contribution in [0.25, 0.3) is 0 Å². The Hall–Kier alpha value is -2.22. The number of urea groups is 1. The Labute approximate surface area is 113 Å². The topological polar surface area (TPSA) is 74.2 Å². The van der Waals surface area contributed by atoms with Crippen LogP contribution >= 0.6 is 0 Å². The molecule has 2 N–H and O–H groups in total. The maximum absolute atomic E-state index is 11.1. The van der Waals surface area contributed by atoms with E-state index in [1.807, 2.05) is 5.32 Å². The molecule has 0 aliphatic carbocycles. The SMILES string of the molecule is CCCCCCOc1ccc(NC(=O)NC#N)cc1. The van der Waals surface area contributed by atoms with Gasteiger partial charge >= 0.3 is 6.03 Å². The summed E-state index contributed by atoms with van der Waals surface area (Å²) in [6, 6.07) is 6.51. The van der Waals surface area contributed by atoms with E-state index in [2.05, 4.69) is 12.2 Å². The lowest BCUT2D eigenvalue weighted by atomic mass is 10.2. The Morgan fingerprint density at radius 1 is 1.26 bits per heavy atom. The third-order valence-electron chi connectivity index (χ3n) is 2.55. The van der Waals surface area contributed by atoms with Gasteiger partial charge in [-0.15, -0.1) is 0 Å². The van der Waals surface area contributed by atoms with Crippen molar-refractivity contribution in [2.75, 3.05) is 11.9 Å². The van der Waals surface area contributed by atoms with E-state index in [0.717, 1.165) is 12.2 Å². The van der Waals surface area contributed by atoms with E-state index < -0.39 is 6.03 Å². The second kappa shape index (κ2) is 8.81. The van der Waals surface area contributed by atoms with Crippen molar-refractivity contribution in [3.63, 3.8) is 0 Å². The van der Waals surface area contributed by atoms with Crippen LogP contribution in [0.2, 0.25) is 0 Å². The third kappa shape index (κ3) is 6.32. The molecular weight excluding hydrogens is 242 g/mol. The summed E-state index contributed by atoms with van der Waals surface area (Å²) < 4.78 is 5.58. The highest BCUT2D eigenvalue weighted by molar-refractivity contribution is 5.90. The van der Waals surface area contributed by atoms with Crippen LogP contribution in [0.5, 0.6) is 5.75 Å². The lowest BCUT2D eigenvalue weighted by Crippen LogP contribution is -2.23. The molecule has 0 aromatic heterocycles. The quantitative estimate of drug-likeness (QED) is 0.449. The van der Waals surface area contributed by atoms with Crippen LogP contribution in [-0.2, 0) is 0 Å². The fourth-order valence-electron chi connectivity index (χ4n) is 1.57. The molecule has 0 bridgehead atoms. The van der Waals surface area contributed by atoms with Crippen LogP contribution in [0.4, 0.5) is 10.5 Å². The monoisotopic (exact) mass is 261 g/mol. The Bertz CT molecular complexity index is 423. The van der Waals surface area contributed by atoms with Gasteiger partial charge in [0.1, 0.15) is 5.75 Å². The number of rotatable bonds is 7. The van der Waals surface area contributed by atoms with Crippen LogP contribution in [-0.4, -0.2) is 12.6 Å².